The predicted molar refractivity (Wildman–Crippen MR) is 97.7 cm³/mol. The topological polar surface area (TPSA) is 93.1 Å². The molecular weight excluding hydrogens is 374 g/mol. The fraction of sp³-hybridized carbons (Fsp3) is 0.444. The maximum absolute atomic E-state index is 12.1. The first-order valence-electron chi connectivity index (χ1n) is 8.72. The van der Waals surface area contributed by atoms with E-state index in [-0.39, 0.29) is 23.7 Å². The molecule has 0 amide bonds. The third kappa shape index (κ3) is 2.40. The van der Waals surface area contributed by atoms with Crippen LogP contribution in [0.25, 0.3) is 0 Å². The minimum absolute atomic E-state index is 0.0854. The van der Waals surface area contributed by atoms with E-state index in [0.29, 0.717) is 11.5 Å². The largest absolute Gasteiger partial charge is 0.424 e. The summed E-state index contributed by atoms with van der Waals surface area (Å²) < 4.78 is 35.5. The van der Waals surface area contributed by atoms with Gasteiger partial charge in [0, 0.05) is 59.3 Å². The van der Waals surface area contributed by atoms with Gasteiger partial charge >= 0.3 is 15.2 Å². The molecule has 0 spiro atoms. The summed E-state index contributed by atoms with van der Waals surface area (Å²) in [7, 11) is -7.49. The molecule has 6 nitrogen and oxygen atoms in total. The molecular formula is C18H20O6P2. The Bertz CT molecular complexity index is 854. The molecule has 2 N–H and O–H groups in total. The van der Waals surface area contributed by atoms with E-state index < -0.39 is 15.2 Å². The number of hydrogen-bond donors (Lipinski definition) is 2. The lowest BCUT2D eigenvalue weighted by Crippen LogP contribution is -2.10. The van der Waals surface area contributed by atoms with E-state index in [1.165, 1.54) is 13.3 Å². The van der Waals surface area contributed by atoms with Crippen LogP contribution in [0.15, 0.2) is 24.3 Å². The zero-order valence-electron chi connectivity index (χ0n) is 14.5. The minimum atomic E-state index is -3.75. The summed E-state index contributed by atoms with van der Waals surface area (Å²) in [6.07, 6.45) is 10.0. The first kappa shape index (κ1) is 16.8. The highest BCUT2D eigenvalue weighted by Gasteiger charge is 2.48. The Balaban J connectivity index is 1.82. The van der Waals surface area contributed by atoms with Gasteiger partial charge in [-0.15, -0.1) is 0 Å². The summed E-state index contributed by atoms with van der Waals surface area (Å²) in [6.45, 7) is 2.38. The van der Waals surface area contributed by atoms with Crippen molar-refractivity contribution in [3.05, 3.63) is 46.6 Å². The number of rotatable bonds is 4. The molecule has 0 aliphatic heterocycles. The Hall–Kier alpha value is -1.32. The van der Waals surface area contributed by atoms with Crippen LogP contribution in [-0.4, -0.2) is 23.1 Å². The van der Waals surface area contributed by atoms with Gasteiger partial charge in [0.1, 0.15) is 11.5 Å². The van der Waals surface area contributed by atoms with Crippen molar-refractivity contribution in [2.45, 2.75) is 36.5 Å². The molecule has 1 aromatic carbocycles. The Kier molecular flexibility index (Phi) is 3.33. The smallest absolute Gasteiger partial charge is 0.373 e. The van der Waals surface area contributed by atoms with Crippen molar-refractivity contribution in [2.75, 3.05) is 13.3 Å². The SMILES string of the molecule is CP(=O)(O)Oc1c2c(c(OP(C)(=O)O)c3c1C1C=C[C@H]3C1)[C@@H]1C=CC2C1. The zero-order valence-corrected chi connectivity index (χ0v) is 16.2. The molecule has 0 saturated carbocycles. The van der Waals surface area contributed by atoms with Crippen LogP contribution in [-0.2, 0) is 9.13 Å². The highest BCUT2D eigenvalue weighted by molar-refractivity contribution is 7.52. The van der Waals surface area contributed by atoms with Crippen LogP contribution in [0, 0.1) is 0 Å². The van der Waals surface area contributed by atoms with Crippen molar-refractivity contribution < 1.29 is 28.0 Å². The molecule has 0 aromatic heterocycles. The van der Waals surface area contributed by atoms with Crippen molar-refractivity contribution in [2.24, 2.45) is 0 Å². The van der Waals surface area contributed by atoms with Crippen LogP contribution in [0.2, 0.25) is 0 Å². The van der Waals surface area contributed by atoms with Gasteiger partial charge in [0.05, 0.1) is 0 Å². The second kappa shape index (κ2) is 5.14. The Labute approximate surface area is 151 Å². The quantitative estimate of drug-likeness (QED) is 0.582. The maximum atomic E-state index is 12.1. The normalized spacial score (nSPS) is 33.7. The first-order valence-corrected chi connectivity index (χ1v) is 12.8. The van der Waals surface area contributed by atoms with Crippen LogP contribution in [0.4, 0.5) is 0 Å². The van der Waals surface area contributed by atoms with E-state index in [4.69, 9.17) is 9.05 Å². The molecule has 0 saturated heterocycles. The summed E-state index contributed by atoms with van der Waals surface area (Å²) in [5.74, 6) is 1.33. The van der Waals surface area contributed by atoms with Crippen molar-refractivity contribution in [1.82, 2.24) is 0 Å². The summed E-state index contributed by atoms with van der Waals surface area (Å²) in [5, 5.41) is 0. The predicted octanol–water partition coefficient (Wildman–Crippen LogP) is 4.36. The standard InChI is InChI=1S/C18H20O6P2/c1-25(19,20)23-17-13-9-3-5-11(7-9)15(13)18(24-26(2,21)22)16-12-6-4-10(8-12)14(16)17/h3-6,9-12H,7-8H2,1-2H3,(H,19,20)(H,21,22)/t9-,10+,11?,12?. The molecule has 4 aliphatic carbocycles. The molecule has 0 fully saturated rings. The van der Waals surface area contributed by atoms with Gasteiger partial charge in [0.2, 0.25) is 0 Å². The van der Waals surface area contributed by atoms with Crippen LogP contribution in [0.5, 0.6) is 11.5 Å². The number of fused-ring (bicyclic) bond motifs is 10. The van der Waals surface area contributed by atoms with Gasteiger partial charge in [0.15, 0.2) is 0 Å². The molecule has 26 heavy (non-hydrogen) atoms. The van der Waals surface area contributed by atoms with Crippen molar-refractivity contribution >= 4 is 15.2 Å². The third-order valence-electron chi connectivity index (χ3n) is 5.73. The van der Waals surface area contributed by atoms with E-state index in [2.05, 4.69) is 24.3 Å². The van der Waals surface area contributed by atoms with Gasteiger partial charge in [-0.2, -0.15) is 0 Å². The molecule has 5 rings (SSSR count). The molecule has 1 aromatic rings. The highest BCUT2D eigenvalue weighted by atomic mass is 31.2. The van der Waals surface area contributed by atoms with Crippen LogP contribution < -0.4 is 9.05 Å². The minimum Gasteiger partial charge on any atom is -0.424 e. The molecule has 4 bridgehead atoms. The molecule has 8 heteroatoms. The number of hydrogen-bond acceptors (Lipinski definition) is 4. The summed E-state index contributed by atoms with van der Waals surface area (Å²) in [6, 6.07) is 0. The van der Waals surface area contributed by atoms with E-state index in [0.717, 1.165) is 35.1 Å². The summed E-state index contributed by atoms with van der Waals surface area (Å²) >= 11 is 0. The van der Waals surface area contributed by atoms with Gasteiger partial charge in [-0.05, 0) is 12.8 Å². The second-order valence-electron chi connectivity index (χ2n) is 7.77. The van der Waals surface area contributed by atoms with Crippen LogP contribution >= 0.6 is 15.2 Å². The maximum Gasteiger partial charge on any atom is 0.373 e. The Morgan fingerprint density at radius 1 is 0.731 bits per heavy atom. The summed E-state index contributed by atoms with van der Waals surface area (Å²) in [5.41, 5.74) is 3.43. The molecule has 0 heterocycles. The first-order chi connectivity index (χ1) is 12.1. The van der Waals surface area contributed by atoms with Gasteiger partial charge in [-0.1, -0.05) is 24.3 Å². The Morgan fingerprint density at radius 3 is 1.23 bits per heavy atom. The molecule has 4 unspecified atom stereocenters. The van der Waals surface area contributed by atoms with E-state index >= 15 is 0 Å². The lowest BCUT2D eigenvalue weighted by molar-refractivity contribution is 0.376. The second-order valence-corrected chi connectivity index (χ2v) is 11.3. The van der Waals surface area contributed by atoms with Gasteiger partial charge in [0.25, 0.3) is 0 Å². The average Bonchev–Trinajstić information content (AvgIpc) is 3.25. The van der Waals surface area contributed by atoms with Gasteiger partial charge in [-0.3, -0.25) is 0 Å². The summed E-state index contributed by atoms with van der Waals surface area (Å²) in [4.78, 5) is 19.8. The molecule has 138 valence electrons. The van der Waals surface area contributed by atoms with Crippen LogP contribution in [0.1, 0.15) is 58.8 Å². The van der Waals surface area contributed by atoms with Gasteiger partial charge < -0.3 is 18.8 Å². The zero-order chi connectivity index (χ0) is 18.4. The fourth-order valence-electron chi connectivity index (χ4n) is 5.04. The van der Waals surface area contributed by atoms with E-state index in [9.17, 15) is 18.9 Å². The monoisotopic (exact) mass is 394 g/mol. The molecule has 4 aliphatic rings. The molecule has 0 radical (unpaired) electrons. The fourth-order valence-corrected chi connectivity index (χ4v) is 6.11. The average molecular weight is 394 g/mol. The third-order valence-corrected chi connectivity index (χ3v) is 6.77. The van der Waals surface area contributed by atoms with Crippen molar-refractivity contribution in [1.29, 1.82) is 0 Å². The lowest BCUT2D eigenvalue weighted by Gasteiger charge is -2.28. The number of allylic oxidation sites excluding steroid dienone is 4. The molecule has 6 atom stereocenters. The number of benzene rings is 1. The van der Waals surface area contributed by atoms with Crippen molar-refractivity contribution in [3.63, 3.8) is 0 Å². The Morgan fingerprint density at radius 2 is 1.00 bits per heavy atom. The van der Waals surface area contributed by atoms with Crippen molar-refractivity contribution in [3.8, 4) is 11.5 Å². The lowest BCUT2D eigenvalue weighted by atomic mass is 9.85. The highest BCUT2D eigenvalue weighted by Crippen LogP contribution is 2.66. The van der Waals surface area contributed by atoms with Crippen LogP contribution in [0.3, 0.4) is 0 Å². The van der Waals surface area contributed by atoms with Gasteiger partial charge in [-0.25, -0.2) is 9.13 Å². The van der Waals surface area contributed by atoms with E-state index in [1.807, 2.05) is 0 Å². The van der Waals surface area contributed by atoms with E-state index in [1.54, 1.807) is 0 Å².